The lowest BCUT2D eigenvalue weighted by atomic mass is 9.92. The van der Waals surface area contributed by atoms with E-state index in [2.05, 4.69) is 4.74 Å². The van der Waals surface area contributed by atoms with E-state index in [1.807, 2.05) is 31.2 Å². The monoisotopic (exact) mass is 250 g/mol. The third-order valence-corrected chi connectivity index (χ3v) is 4.66. The number of carbonyl (C=O) groups is 2. The fourth-order valence-corrected chi connectivity index (χ4v) is 3.40. The lowest BCUT2D eigenvalue weighted by Gasteiger charge is -2.23. The van der Waals surface area contributed by atoms with Crippen molar-refractivity contribution in [2.24, 2.45) is 0 Å². The predicted octanol–water partition coefficient (Wildman–Crippen LogP) is 2.69. The minimum Gasteiger partial charge on any atom is -0.469 e. The molecule has 1 aromatic rings. The quantitative estimate of drug-likeness (QED) is 0.774. The zero-order chi connectivity index (χ0) is 12.5. The Morgan fingerprint density at radius 1 is 1.41 bits per heavy atom. The van der Waals surface area contributed by atoms with E-state index < -0.39 is 4.75 Å². The van der Waals surface area contributed by atoms with Gasteiger partial charge in [0.2, 0.25) is 0 Å². The van der Waals surface area contributed by atoms with Crippen LogP contribution in [0.5, 0.6) is 0 Å². The van der Waals surface area contributed by atoms with E-state index in [-0.39, 0.29) is 18.2 Å². The summed E-state index contributed by atoms with van der Waals surface area (Å²) in [5, 5.41) is 0. The Labute approximate surface area is 105 Å². The van der Waals surface area contributed by atoms with Crippen molar-refractivity contribution in [1.29, 1.82) is 0 Å². The molecule has 1 aliphatic heterocycles. The van der Waals surface area contributed by atoms with Crippen LogP contribution in [0.4, 0.5) is 0 Å². The molecule has 0 spiro atoms. The highest BCUT2D eigenvalue weighted by molar-refractivity contribution is 8.02. The predicted molar refractivity (Wildman–Crippen MR) is 66.3 cm³/mol. The van der Waals surface area contributed by atoms with Gasteiger partial charge in [0.05, 0.1) is 18.3 Å². The van der Waals surface area contributed by atoms with Gasteiger partial charge >= 0.3 is 5.97 Å². The van der Waals surface area contributed by atoms with Crippen LogP contribution in [0, 0.1) is 0 Å². The van der Waals surface area contributed by atoms with E-state index >= 15 is 0 Å². The molecule has 17 heavy (non-hydrogen) atoms. The molecule has 0 N–H and O–H groups in total. The third-order valence-electron chi connectivity index (χ3n) is 3.08. The lowest BCUT2D eigenvalue weighted by molar-refractivity contribution is -0.141. The number of Topliss-reactive ketones (excluding diaryl/α,β-unsaturated/α-hetero) is 1. The number of thioether (sulfide) groups is 1. The molecule has 0 fully saturated rings. The Bertz CT molecular complexity index is 469. The minimum absolute atomic E-state index is 0.0472. The summed E-state index contributed by atoms with van der Waals surface area (Å²) in [7, 11) is 1.35. The number of ketones is 1. The van der Waals surface area contributed by atoms with Crippen LogP contribution in [0.3, 0.4) is 0 Å². The van der Waals surface area contributed by atoms with Crippen LogP contribution in [0.2, 0.25) is 0 Å². The second kappa shape index (κ2) is 4.53. The second-order valence-corrected chi connectivity index (χ2v) is 5.45. The molecular weight excluding hydrogens is 236 g/mol. The molecule has 0 saturated heterocycles. The Balaban J connectivity index is 2.35. The molecule has 0 radical (unpaired) electrons. The summed E-state index contributed by atoms with van der Waals surface area (Å²) in [6, 6.07) is 7.50. The van der Waals surface area contributed by atoms with Crippen LogP contribution in [-0.4, -0.2) is 23.6 Å². The summed E-state index contributed by atoms with van der Waals surface area (Å²) in [5.74, 6) is -0.286. The Morgan fingerprint density at radius 3 is 2.71 bits per heavy atom. The second-order valence-electron chi connectivity index (χ2n) is 4.03. The van der Waals surface area contributed by atoms with Crippen LogP contribution < -0.4 is 0 Å². The summed E-state index contributed by atoms with van der Waals surface area (Å²) >= 11 is 1.49. The van der Waals surface area contributed by atoms with Gasteiger partial charge < -0.3 is 4.74 Å². The number of ether oxygens (including phenoxy) is 1. The zero-order valence-electron chi connectivity index (χ0n) is 9.86. The first kappa shape index (κ1) is 12.2. The van der Waals surface area contributed by atoms with Gasteiger partial charge in [0, 0.05) is 10.5 Å². The van der Waals surface area contributed by atoms with Crippen molar-refractivity contribution in [3.05, 3.63) is 29.8 Å². The van der Waals surface area contributed by atoms with E-state index in [1.54, 1.807) is 0 Å². The normalized spacial score (nSPS) is 22.4. The van der Waals surface area contributed by atoms with Gasteiger partial charge in [-0.1, -0.05) is 25.1 Å². The molecule has 1 aromatic carbocycles. The maximum Gasteiger partial charge on any atom is 0.307 e. The van der Waals surface area contributed by atoms with Gasteiger partial charge in [-0.3, -0.25) is 9.59 Å². The van der Waals surface area contributed by atoms with Crippen molar-refractivity contribution in [2.45, 2.75) is 29.4 Å². The highest BCUT2D eigenvalue weighted by Gasteiger charge is 2.46. The van der Waals surface area contributed by atoms with Gasteiger partial charge in [-0.2, -0.15) is 0 Å². The molecule has 0 bridgehead atoms. The van der Waals surface area contributed by atoms with Crippen LogP contribution >= 0.6 is 11.8 Å². The van der Waals surface area contributed by atoms with E-state index in [9.17, 15) is 9.59 Å². The molecule has 0 aliphatic carbocycles. The molecule has 4 heteroatoms. The molecule has 3 nitrogen and oxygen atoms in total. The van der Waals surface area contributed by atoms with Crippen LogP contribution in [0.25, 0.3) is 0 Å². The molecule has 1 heterocycles. The fraction of sp³-hybridized carbons (Fsp3) is 0.385. The molecule has 2 rings (SSSR count). The van der Waals surface area contributed by atoms with Crippen molar-refractivity contribution in [2.75, 3.05) is 7.11 Å². The average Bonchev–Trinajstić information content (AvgIpc) is 2.64. The van der Waals surface area contributed by atoms with E-state index in [0.717, 1.165) is 10.5 Å². The van der Waals surface area contributed by atoms with E-state index in [0.29, 0.717) is 6.42 Å². The molecular formula is C13H14O3S. The molecule has 0 saturated carbocycles. The van der Waals surface area contributed by atoms with Crippen LogP contribution in [-0.2, 0) is 9.53 Å². The Kier molecular flexibility index (Phi) is 3.24. The fourth-order valence-electron chi connectivity index (χ4n) is 2.02. The van der Waals surface area contributed by atoms with Gasteiger partial charge in [-0.05, 0) is 12.5 Å². The van der Waals surface area contributed by atoms with Crippen LogP contribution in [0.15, 0.2) is 29.2 Å². The molecule has 1 atom stereocenters. The number of hydrogen-bond acceptors (Lipinski definition) is 4. The standard InChI is InChI=1S/C13H14O3S/c1-3-13(8-11(14)16-2)12(15)9-6-4-5-7-10(9)17-13/h4-7H,3,8H2,1-2H3/t13-/m1/s1. The van der Waals surface area contributed by atoms with Crippen molar-refractivity contribution in [3.8, 4) is 0 Å². The summed E-state index contributed by atoms with van der Waals surface area (Å²) in [6.07, 6.45) is 0.762. The maximum absolute atomic E-state index is 12.4. The number of benzene rings is 1. The summed E-state index contributed by atoms with van der Waals surface area (Å²) in [6.45, 7) is 1.93. The molecule has 0 amide bonds. The molecule has 90 valence electrons. The highest BCUT2D eigenvalue weighted by Crippen LogP contribution is 2.48. The SMILES string of the molecule is CC[C@]1(CC(=O)OC)Sc2ccccc2C1=O. The summed E-state index contributed by atoms with van der Waals surface area (Å²) < 4.78 is 4.01. The van der Waals surface area contributed by atoms with Crippen molar-refractivity contribution in [1.82, 2.24) is 0 Å². The number of carbonyl (C=O) groups excluding carboxylic acids is 2. The molecule has 0 aromatic heterocycles. The number of hydrogen-bond donors (Lipinski definition) is 0. The lowest BCUT2D eigenvalue weighted by Crippen LogP contribution is -2.33. The molecule has 0 unspecified atom stereocenters. The zero-order valence-corrected chi connectivity index (χ0v) is 10.7. The first-order chi connectivity index (χ1) is 8.13. The summed E-state index contributed by atoms with van der Waals surface area (Å²) in [4.78, 5) is 24.8. The van der Waals surface area contributed by atoms with Crippen molar-refractivity contribution >= 4 is 23.5 Å². The topological polar surface area (TPSA) is 43.4 Å². The number of rotatable bonds is 3. The Morgan fingerprint density at radius 2 is 2.12 bits per heavy atom. The highest BCUT2D eigenvalue weighted by atomic mass is 32.2. The number of fused-ring (bicyclic) bond motifs is 1. The number of methoxy groups -OCH3 is 1. The largest absolute Gasteiger partial charge is 0.469 e. The summed E-state index contributed by atoms with van der Waals surface area (Å²) in [5.41, 5.74) is 0.725. The molecule has 1 aliphatic rings. The van der Waals surface area contributed by atoms with Crippen molar-refractivity contribution < 1.29 is 14.3 Å². The first-order valence-electron chi connectivity index (χ1n) is 5.52. The number of esters is 1. The van der Waals surface area contributed by atoms with Gasteiger partial charge in [-0.25, -0.2) is 0 Å². The minimum atomic E-state index is -0.670. The van der Waals surface area contributed by atoms with Gasteiger partial charge in [0.15, 0.2) is 5.78 Å². The maximum atomic E-state index is 12.4. The van der Waals surface area contributed by atoms with Crippen LogP contribution in [0.1, 0.15) is 30.1 Å². The van der Waals surface area contributed by atoms with E-state index in [1.165, 1.54) is 18.9 Å². The average molecular weight is 250 g/mol. The van der Waals surface area contributed by atoms with Gasteiger partial charge in [0.25, 0.3) is 0 Å². The smallest absolute Gasteiger partial charge is 0.307 e. The third kappa shape index (κ3) is 1.97. The first-order valence-corrected chi connectivity index (χ1v) is 6.34. The van der Waals surface area contributed by atoms with Crippen molar-refractivity contribution in [3.63, 3.8) is 0 Å². The van der Waals surface area contributed by atoms with Gasteiger partial charge in [0.1, 0.15) is 0 Å². The van der Waals surface area contributed by atoms with Gasteiger partial charge in [-0.15, -0.1) is 11.8 Å². The Hall–Kier alpha value is -1.29. The van der Waals surface area contributed by atoms with E-state index in [4.69, 9.17) is 0 Å².